The molecule has 0 bridgehead atoms. The fourth-order valence-electron chi connectivity index (χ4n) is 3.66. The molecule has 1 saturated heterocycles. The number of thiophene rings is 1. The summed E-state index contributed by atoms with van der Waals surface area (Å²) in [5.74, 6) is 0.833. The number of hydrogen-bond donors (Lipinski definition) is 0. The van der Waals surface area contributed by atoms with Gasteiger partial charge in [0.05, 0.1) is 10.8 Å². The number of rotatable bonds is 3. The number of alkyl halides is 1. The molecule has 1 aliphatic carbocycles. The van der Waals surface area contributed by atoms with Gasteiger partial charge in [-0.1, -0.05) is 12.8 Å². The number of halogens is 1. The highest BCUT2D eigenvalue weighted by Gasteiger charge is 2.40. The minimum atomic E-state index is -3.37. The smallest absolute Gasteiger partial charge is 0.207 e. The second-order valence-electron chi connectivity index (χ2n) is 5.71. The van der Waals surface area contributed by atoms with Crippen molar-refractivity contribution in [3.8, 4) is 0 Å². The highest BCUT2D eigenvalue weighted by molar-refractivity contribution is 7.89. The van der Waals surface area contributed by atoms with Crippen molar-refractivity contribution in [2.75, 3.05) is 6.54 Å². The van der Waals surface area contributed by atoms with Crippen molar-refractivity contribution < 1.29 is 8.42 Å². The second-order valence-corrected chi connectivity index (χ2v) is 8.84. The molecular formula is C14H20ClNO2S2. The van der Waals surface area contributed by atoms with Crippen LogP contribution in [0.2, 0.25) is 0 Å². The molecule has 0 spiro atoms. The van der Waals surface area contributed by atoms with Gasteiger partial charge in [0.25, 0.3) is 0 Å². The van der Waals surface area contributed by atoms with E-state index >= 15 is 0 Å². The van der Waals surface area contributed by atoms with E-state index in [-0.39, 0.29) is 11.9 Å². The van der Waals surface area contributed by atoms with Crippen LogP contribution in [0.1, 0.15) is 43.4 Å². The molecule has 2 unspecified atom stereocenters. The number of hydrogen-bond acceptors (Lipinski definition) is 3. The summed E-state index contributed by atoms with van der Waals surface area (Å²) in [6, 6.07) is 1.93. The average Bonchev–Trinajstić information content (AvgIpc) is 2.96. The fraction of sp³-hybridized carbons (Fsp3) is 0.714. The molecule has 2 fully saturated rings. The Balaban J connectivity index is 1.93. The molecule has 0 amide bonds. The molecule has 2 heterocycles. The first-order chi connectivity index (χ1) is 9.64. The van der Waals surface area contributed by atoms with E-state index in [2.05, 4.69) is 0 Å². The van der Waals surface area contributed by atoms with Crippen molar-refractivity contribution >= 4 is 33.0 Å². The van der Waals surface area contributed by atoms with Crippen LogP contribution in [0.25, 0.3) is 0 Å². The fourth-order valence-corrected chi connectivity index (χ4v) is 7.09. The van der Waals surface area contributed by atoms with Crippen molar-refractivity contribution in [1.82, 2.24) is 4.31 Å². The first kappa shape index (κ1) is 14.8. The van der Waals surface area contributed by atoms with Crippen LogP contribution in [0.4, 0.5) is 0 Å². The van der Waals surface area contributed by atoms with Gasteiger partial charge >= 0.3 is 0 Å². The molecule has 1 aromatic heterocycles. The van der Waals surface area contributed by atoms with Gasteiger partial charge in [-0.2, -0.15) is 4.31 Å². The molecule has 3 nitrogen and oxygen atoms in total. The highest BCUT2D eigenvalue weighted by Crippen LogP contribution is 2.39. The second kappa shape index (κ2) is 5.95. The lowest BCUT2D eigenvalue weighted by Gasteiger charge is -2.43. The lowest BCUT2D eigenvalue weighted by molar-refractivity contribution is 0.129. The van der Waals surface area contributed by atoms with E-state index in [4.69, 9.17) is 11.6 Å². The topological polar surface area (TPSA) is 37.4 Å². The molecule has 0 aromatic carbocycles. The number of piperidine rings is 1. The summed E-state index contributed by atoms with van der Waals surface area (Å²) in [4.78, 5) is 1.20. The average molecular weight is 334 g/mol. The van der Waals surface area contributed by atoms with Crippen molar-refractivity contribution in [3.05, 3.63) is 16.3 Å². The maximum Gasteiger partial charge on any atom is 0.244 e. The van der Waals surface area contributed by atoms with Gasteiger partial charge in [-0.15, -0.1) is 22.9 Å². The summed E-state index contributed by atoms with van der Waals surface area (Å²) >= 11 is 7.32. The number of fused-ring (bicyclic) bond motifs is 1. The zero-order valence-corrected chi connectivity index (χ0v) is 13.8. The molecule has 0 radical (unpaired) electrons. The van der Waals surface area contributed by atoms with Crippen LogP contribution in [0.15, 0.2) is 16.3 Å². The van der Waals surface area contributed by atoms with Crippen LogP contribution in [-0.4, -0.2) is 25.3 Å². The molecule has 2 aliphatic rings. The summed E-state index contributed by atoms with van der Waals surface area (Å²) < 4.78 is 27.7. The Morgan fingerprint density at radius 1 is 1.25 bits per heavy atom. The van der Waals surface area contributed by atoms with Crippen LogP contribution < -0.4 is 0 Å². The Bertz CT molecular complexity index is 567. The van der Waals surface area contributed by atoms with E-state index in [0.29, 0.717) is 17.4 Å². The van der Waals surface area contributed by atoms with E-state index in [0.717, 1.165) is 24.1 Å². The Labute approximate surface area is 130 Å². The van der Waals surface area contributed by atoms with Crippen LogP contribution in [0.5, 0.6) is 0 Å². The first-order valence-electron chi connectivity index (χ1n) is 7.29. The van der Waals surface area contributed by atoms with Gasteiger partial charge in [0.1, 0.15) is 0 Å². The molecule has 3 rings (SSSR count). The largest absolute Gasteiger partial charge is 0.244 e. The molecule has 2 atom stereocenters. The summed E-state index contributed by atoms with van der Waals surface area (Å²) in [6.45, 7) is 0.668. The van der Waals surface area contributed by atoms with Crippen LogP contribution in [-0.2, 0) is 15.9 Å². The molecule has 0 N–H and O–H groups in total. The zero-order valence-electron chi connectivity index (χ0n) is 11.4. The molecule has 1 aromatic rings. The van der Waals surface area contributed by atoms with Gasteiger partial charge in [0.2, 0.25) is 10.0 Å². The van der Waals surface area contributed by atoms with E-state index < -0.39 is 10.0 Å². The summed E-state index contributed by atoms with van der Waals surface area (Å²) in [5.41, 5.74) is 0. The van der Waals surface area contributed by atoms with Gasteiger partial charge in [-0.3, -0.25) is 0 Å². The van der Waals surface area contributed by atoms with Crippen LogP contribution in [0.3, 0.4) is 0 Å². The van der Waals surface area contributed by atoms with Crippen molar-refractivity contribution in [3.63, 3.8) is 0 Å². The van der Waals surface area contributed by atoms with E-state index in [1.807, 2.05) is 5.38 Å². The maximum absolute atomic E-state index is 13.0. The zero-order chi connectivity index (χ0) is 14.2. The molecule has 1 aliphatic heterocycles. The minimum Gasteiger partial charge on any atom is -0.207 e. The number of sulfonamides is 1. The van der Waals surface area contributed by atoms with Gasteiger partial charge < -0.3 is 0 Å². The third-order valence-corrected chi connectivity index (χ3v) is 8.09. The van der Waals surface area contributed by atoms with E-state index in [1.165, 1.54) is 30.6 Å². The highest BCUT2D eigenvalue weighted by atomic mass is 35.5. The third-order valence-electron chi connectivity index (χ3n) is 4.60. The molecule has 1 saturated carbocycles. The van der Waals surface area contributed by atoms with Crippen LogP contribution >= 0.6 is 22.9 Å². The van der Waals surface area contributed by atoms with E-state index in [9.17, 15) is 8.42 Å². The van der Waals surface area contributed by atoms with E-state index in [1.54, 1.807) is 10.4 Å². The standard InChI is InChI=1S/C14H20ClNO2S2/c15-10-13-14(7-9-19-13)20(17,18)16-8-3-5-11-4-1-2-6-12(11)16/h7,9,11-12H,1-6,8,10H2. The normalized spacial score (nSPS) is 28.2. The Kier molecular flexibility index (Phi) is 4.41. The molecule has 112 valence electrons. The predicted octanol–water partition coefficient (Wildman–Crippen LogP) is 3.83. The lowest BCUT2D eigenvalue weighted by Crippen LogP contribution is -2.49. The van der Waals surface area contributed by atoms with Crippen molar-refractivity contribution in [1.29, 1.82) is 0 Å². The predicted molar refractivity (Wildman–Crippen MR) is 82.7 cm³/mol. The third kappa shape index (κ3) is 2.54. The summed E-state index contributed by atoms with van der Waals surface area (Å²) in [5, 5.41) is 1.83. The van der Waals surface area contributed by atoms with Crippen molar-refractivity contribution in [2.24, 2.45) is 5.92 Å². The Hall–Kier alpha value is -0.100. The monoisotopic (exact) mass is 333 g/mol. The minimum absolute atomic E-state index is 0.213. The quantitative estimate of drug-likeness (QED) is 0.788. The Morgan fingerprint density at radius 2 is 2.00 bits per heavy atom. The molecule has 6 heteroatoms. The lowest BCUT2D eigenvalue weighted by atomic mass is 9.79. The van der Waals surface area contributed by atoms with Gasteiger partial charge in [0.15, 0.2) is 0 Å². The first-order valence-corrected chi connectivity index (χ1v) is 10.1. The van der Waals surface area contributed by atoms with Crippen molar-refractivity contribution in [2.45, 2.75) is 55.3 Å². The maximum atomic E-state index is 13.0. The molecule has 20 heavy (non-hydrogen) atoms. The van der Waals surface area contributed by atoms with Crippen LogP contribution in [0, 0.1) is 5.92 Å². The summed E-state index contributed by atoms with van der Waals surface area (Å²) in [7, 11) is -3.37. The summed E-state index contributed by atoms with van der Waals surface area (Å²) in [6.07, 6.45) is 6.77. The SMILES string of the molecule is O=S(=O)(c1ccsc1CCl)N1CCCC2CCCCC21. The van der Waals surface area contributed by atoms with Gasteiger partial charge in [-0.25, -0.2) is 8.42 Å². The van der Waals surface area contributed by atoms with Gasteiger partial charge in [-0.05, 0) is 43.0 Å². The Morgan fingerprint density at radius 3 is 2.80 bits per heavy atom. The van der Waals surface area contributed by atoms with Gasteiger partial charge in [0, 0.05) is 17.5 Å². The number of nitrogens with zero attached hydrogens (tertiary/aromatic N) is 1. The molecular weight excluding hydrogens is 314 g/mol.